The zero-order valence-corrected chi connectivity index (χ0v) is 8.00. The number of esters is 1. The number of nitriles is 1. The van der Waals surface area contributed by atoms with Gasteiger partial charge in [0, 0.05) is 6.54 Å². The van der Waals surface area contributed by atoms with Crippen LogP contribution in [0.4, 0.5) is 0 Å². The highest BCUT2D eigenvalue weighted by Gasteiger charge is 2.02. The molecule has 6 nitrogen and oxygen atoms in total. The van der Waals surface area contributed by atoms with Gasteiger partial charge in [-0.15, -0.1) is 0 Å². The molecule has 0 aliphatic rings. The minimum atomic E-state index is -0.421. The summed E-state index contributed by atoms with van der Waals surface area (Å²) >= 11 is 0. The van der Waals surface area contributed by atoms with Crippen molar-refractivity contribution < 1.29 is 14.3 Å². The van der Waals surface area contributed by atoms with Crippen LogP contribution in [0.2, 0.25) is 0 Å². The van der Waals surface area contributed by atoms with Crippen LogP contribution in [0.5, 0.6) is 0 Å². The Kier molecular flexibility index (Phi) is 7.09. The monoisotopic (exact) mass is 199 g/mol. The Morgan fingerprint density at radius 3 is 2.71 bits per heavy atom. The van der Waals surface area contributed by atoms with Gasteiger partial charge in [0.15, 0.2) is 0 Å². The van der Waals surface area contributed by atoms with Crippen molar-refractivity contribution in [1.29, 1.82) is 5.26 Å². The summed E-state index contributed by atoms with van der Waals surface area (Å²) in [7, 11) is 1.27. The van der Waals surface area contributed by atoms with Crippen molar-refractivity contribution >= 4 is 11.9 Å². The number of carbonyl (C=O) groups is 2. The normalized spacial score (nSPS) is 8.86. The number of amides is 1. The number of nitrogens with one attached hydrogen (secondary N) is 2. The highest BCUT2D eigenvalue weighted by atomic mass is 16.5. The molecule has 0 aliphatic heterocycles. The summed E-state index contributed by atoms with van der Waals surface area (Å²) in [6.45, 7) is 0.373. The van der Waals surface area contributed by atoms with Crippen LogP contribution < -0.4 is 10.6 Å². The minimum Gasteiger partial charge on any atom is -0.468 e. The fraction of sp³-hybridized carbons (Fsp3) is 0.625. The Morgan fingerprint density at radius 2 is 2.14 bits per heavy atom. The number of ether oxygens (including phenoxy) is 1. The largest absolute Gasteiger partial charge is 0.468 e. The van der Waals surface area contributed by atoms with Gasteiger partial charge in [0.05, 0.1) is 32.7 Å². The van der Waals surface area contributed by atoms with E-state index in [1.807, 2.05) is 6.07 Å². The SMILES string of the molecule is COC(=O)CNCC(=O)NCCC#N. The van der Waals surface area contributed by atoms with Crippen LogP contribution in [0, 0.1) is 11.3 Å². The number of hydrogen-bond acceptors (Lipinski definition) is 5. The molecule has 0 aromatic heterocycles. The van der Waals surface area contributed by atoms with Gasteiger partial charge in [-0.05, 0) is 0 Å². The maximum Gasteiger partial charge on any atom is 0.319 e. The molecule has 0 saturated heterocycles. The van der Waals surface area contributed by atoms with E-state index in [2.05, 4.69) is 15.4 Å². The molecule has 0 spiro atoms. The lowest BCUT2D eigenvalue weighted by Crippen LogP contribution is -2.36. The van der Waals surface area contributed by atoms with Gasteiger partial charge < -0.3 is 10.1 Å². The van der Waals surface area contributed by atoms with E-state index in [0.717, 1.165) is 0 Å². The minimum absolute atomic E-state index is 0.00215. The third-order valence-corrected chi connectivity index (χ3v) is 1.34. The summed E-state index contributed by atoms with van der Waals surface area (Å²) in [5.41, 5.74) is 0. The molecule has 0 unspecified atom stereocenters. The second kappa shape index (κ2) is 8.01. The van der Waals surface area contributed by atoms with E-state index in [9.17, 15) is 9.59 Å². The van der Waals surface area contributed by atoms with Crippen LogP contribution in [0.25, 0.3) is 0 Å². The number of carbonyl (C=O) groups excluding carboxylic acids is 2. The molecule has 0 radical (unpaired) electrons. The van der Waals surface area contributed by atoms with Gasteiger partial charge in [-0.1, -0.05) is 0 Å². The number of methoxy groups -OCH3 is 1. The molecule has 14 heavy (non-hydrogen) atoms. The second-order valence-electron chi connectivity index (χ2n) is 2.44. The van der Waals surface area contributed by atoms with Crippen LogP contribution in [0.3, 0.4) is 0 Å². The van der Waals surface area contributed by atoms with Crippen molar-refractivity contribution in [3.8, 4) is 6.07 Å². The first kappa shape index (κ1) is 12.4. The summed E-state index contributed by atoms with van der Waals surface area (Å²) in [4.78, 5) is 21.5. The average molecular weight is 199 g/mol. The summed E-state index contributed by atoms with van der Waals surface area (Å²) in [5, 5.41) is 13.3. The fourth-order valence-corrected chi connectivity index (χ4v) is 0.671. The van der Waals surface area contributed by atoms with E-state index in [0.29, 0.717) is 6.54 Å². The van der Waals surface area contributed by atoms with Gasteiger partial charge in [-0.3, -0.25) is 14.9 Å². The van der Waals surface area contributed by atoms with Crippen LogP contribution in [-0.2, 0) is 14.3 Å². The van der Waals surface area contributed by atoms with E-state index in [4.69, 9.17) is 5.26 Å². The van der Waals surface area contributed by atoms with Crippen LogP contribution in [0.1, 0.15) is 6.42 Å². The molecule has 0 heterocycles. The van der Waals surface area contributed by atoms with Crippen LogP contribution in [0.15, 0.2) is 0 Å². The zero-order chi connectivity index (χ0) is 10.8. The summed E-state index contributed by atoms with van der Waals surface area (Å²) in [5.74, 6) is -0.668. The predicted molar refractivity (Wildman–Crippen MR) is 48.1 cm³/mol. The molecule has 78 valence electrons. The van der Waals surface area contributed by atoms with Crippen molar-refractivity contribution in [3.05, 3.63) is 0 Å². The highest BCUT2D eigenvalue weighted by Crippen LogP contribution is 1.72. The molecule has 0 saturated carbocycles. The van der Waals surface area contributed by atoms with Crippen molar-refractivity contribution in [2.24, 2.45) is 0 Å². The van der Waals surface area contributed by atoms with Crippen LogP contribution in [-0.4, -0.2) is 38.6 Å². The highest BCUT2D eigenvalue weighted by molar-refractivity contribution is 5.79. The zero-order valence-electron chi connectivity index (χ0n) is 8.00. The summed E-state index contributed by atoms with van der Waals surface area (Å²) < 4.78 is 4.35. The van der Waals surface area contributed by atoms with Crippen molar-refractivity contribution in [2.75, 3.05) is 26.7 Å². The van der Waals surface area contributed by atoms with Gasteiger partial charge in [0.2, 0.25) is 5.91 Å². The summed E-state index contributed by atoms with van der Waals surface area (Å²) in [6.07, 6.45) is 0.280. The van der Waals surface area contributed by atoms with Gasteiger partial charge >= 0.3 is 5.97 Å². The Labute approximate surface area is 82.2 Å². The van der Waals surface area contributed by atoms with Crippen LogP contribution >= 0.6 is 0 Å². The lowest BCUT2D eigenvalue weighted by atomic mass is 10.4. The second-order valence-corrected chi connectivity index (χ2v) is 2.44. The molecule has 0 rings (SSSR count). The van der Waals surface area contributed by atoms with Gasteiger partial charge in [-0.25, -0.2) is 0 Å². The Bertz CT molecular complexity index is 234. The van der Waals surface area contributed by atoms with E-state index < -0.39 is 5.97 Å². The maximum absolute atomic E-state index is 11.0. The number of hydrogen-bond donors (Lipinski definition) is 2. The molecule has 0 aromatic carbocycles. The average Bonchev–Trinajstić information content (AvgIpc) is 2.18. The predicted octanol–water partition coefficient (Wildman–Crippen LogP) is -1.22. The van der Waals surface area contributed by atoms with E-state index >= 15 is 0 Å². The van der Waals surface area contributed by atoms with Crippen molar-refractivity contribution in [2.45, 2.75) is 6.42 Å². The first-order valence-corrected chi connectivity index (χ1v) is 4.12. The van der Waals surface area contributed by atoms with Gasteiger partial charge in [-0.2, -0.15) is 5.26 Å². The topological polar surface area (TPSA) is 91.2 Å². The van der Waals surface area contributed by atoms with E-state index in [1.54, 1.807) is 0 Å². The molecular formula is C8H13N3O3. The molecular weight excluding hydrogens is 186 g/mol. The summed E-state index contributed by atoms with van der Waals surface area (Å²) in [6, 6.07) is 1.90. The van der Waals surface area contributed by atoms with E-state index in [-0.39, 0.29) is 25.4 Å². The van der Waals surface area contributed by atoms with E-state index in [1.165, 1.54) is 7.11 Å². The molecule has 0 atom stereocenters. The Hall–Kier alpha value is -1.61. The lowest BCUT2D eigenvalue weighted by molar-refractivity contribution is -0.139. The molecule has 6 heteroatoms. The molecule has 0 aliphatic carbocycles. The molecule has 0 bridgehead atoms. The standard InChI is InChI=1S/C8H13N3O3/c1-14-8(13)6-10-5-7(12)11-4-2-3-9/h10H,2,4-6H2,1H3,(H,11,12). The number of rotatable bonds is 6. The van der Waals surface area contributed by atoms with Crippen molar-refractivity contribution in [1.82, 2.24) is 10.6 Å². The Balaban J connectivity index is 3.36. The Morgan fingerprint density at radius 1 is 1.43 bits per heavy atom. The van der Waals surface area contributed by atoms with Crippen molar-refractivity contribution in [3.63, 3.8) is 0 Å². The maximum atomic E-state index is 11.0. The molecule has 1 amide bonds. The first-order chi connectivity index (χ1) is 6.70. The quantitative estimate of drug-likeness (QED) is 0.413. The van der Waals surface area contributed by atoms with Gasteiger partial charge in [0.25, 0.3) is 0 Å². The third kappa shape index (κ3) is 7.06. The molecule has 0 aromatic rings. The lowest BCUT2D eigenvalue weighted by Gasteiger charge is -2.03. The third-order valence-electron chi connectivity index (χ3n) is 1.34. The molecule has 0 fully saturated rings. The fourth-order valence-electron chi connectivity index (χ4n) is 0.671. The molecule has 2 N–H and O–H groups in total. The number of nitrogens with zero attached hydrogens (tertiary/aromatic N) is 1. The first-order valence-electron chi connectivity index (χ1n) is 4.12. The van der Waals surface area contributed by atoms with Gasteiger partial charge in [0.1, 0.15) is 0 Å². The smallest absolute Gasteiger partial charge is 0.319 e.